The summed E-state index contributed by atoms with van der Waals surface area (Å²) in [5.74, 6) is -0.864. The van der Waals surface area contributed by atoms with Crippen molar-refractivity contribution >= 4 is 17.9 Å². The standard InChI is InChI=1S/C20H26N2O5/c1-5-13-12-14(10-11-21(13)19(25)26-20(2,3)4)27-22-17(23)15-8-6-7-9-16(15)18(22)24/h6-9,13-14H,5,10-12H2,1-4H3. The molecule has 7 nitrogen and oxygen atoms in total. The molecule has 7 heteroatoms. The van der Waals surface area contributed by atoms with E-state index < -0.39 is 17.4 Å². The van der Waals surface area contributed by atoms with Crippen LogP contribution in [0.2, 0.25) is 0 Å². The third-order valence-electron chi connectivity index (χ3n) is 4.78. The first kappa shape index (κ1) is 19.4. The van der Waals surface area contributed by atoms with E-state index in [0.29, 0.717) is 30.5 Å². The molecule has 0 saturated carbocycles. The Bertz CT molecular complexity index is 720. The lowest BCUT2D eigenvalue weighted by atomic mass is 9.98. The lowest BCUT2D eigenvalue weighted by molar-refractivity contribution is -0.151. The van der Waals surface area contributed by atoms with E-state index in [1.165, 1.54) is 0 Å². The fourth-order valence-corrected chi connectivity index (χ4v) is 3.47. The summed E-state index contributed by atoms with van der Waals surface area (Å²) in [5, 5.41) is 0.866. The molecule has 2 unspecified atom stereocenters. The molecule has 1 aromatic rings. The molecule has 0 aliphatic carbocycles. The van der Waals surface area contributed by atoms with Crippen LogP contribution in [0.5, 0.6) is 0 Å². The maximum atomic E-state index is 12.5. The van der Waals surface area contributed by atoms with Gasteiger partial charge in [0.2, 0.25) is 0 Å². The van der Waals surface area contributed by atoms with Crippen molar-refractivity contribution in [2.24, 2.45) is 0 Å². The van der Waals surface area contributed by atoms with Crippen molar-refractivity contribution in [1.29, 1.82) is 0 Å². The molecule has 0 aromatic heterocycles. The Morgan fingerprint density at radius 1 is 1.15 bits per heavy atom. The SMILES string of the molecule is CCC1CC(ON2C(=O)c3ccccc3C2=O)CCN1C(=O)OC(C)(C)C. The van der Waals surface area contributed by atoms with Crippen LogP contribution in [0, 0.1) is 0 Å². The number of amides is 3. The van der Waals surface area contributed by atoms with Crippen LogP contribution in [0.4, 0.5) is 4.79 Å². The normalized spacial score (nSPS) is 22.8. The van der Waals surface area contributed by atoms with Gasteiger partial charge in [0.1, 0.15) is 5.60 Å². The molecular formula is C20H26N2O5. The van der Waals surface area contributed by atoms with E-state index in [1.807, 2.05) is 27.7 Å². The number of benzene rings is 1. The molecule has 2 heterocycles. The first-order chi connectivity index (χ1) is 12.7. The fourth-order valence-electron chi connectivity index (χ4n) is 3.47. The predicted octanol–water partition coefficient (Wildman–Crippen LogP) is 3.39. The van der Waals surface area contributed by atoms with E-state index in [1.54, 1.807) is 29.2 Å². The van der Waals surface area contributed by atoms with Crippen LogP contribution in [0.15, 0.2) is 24.3 Å². The van der Waals surface area contributed by atoms with E-state index in [4.69, 9.17) is 9.57 Å². The number of likely N-dealkylation sites (tertiary alicyclic amines) is 1. The molecule has 2 aliphatic rings. The highest BCUT2D eigenvalue weighted by Crippen LogP contribution is 2.29. The summed E-state index contributed by atoms with van der Waals surface area (Å²) >= 11 is 0. The van der Waals surface area contributed by atoms with Gasteiger partial charge in [-0.05, 0) is 52.2 Å². The molecule has 3 amide bonds. The Morgan fingerprint density at radius 2 is 1.74 bits per heavy atom. The van der Waals surface area contributed by atoms with Crippen LogP contribution in [-0.2, 0) is 9.57 Å². The molecule has 1 saturated heterocycles. The van der Waals surface area contributed by atoms with Crippen molar-refractivity contribution in [2.45, 2.75) is 64.7 Å². The molecule has 0 bridgehead atoms. The second-order valence-electron chi connectivity index (χ2n) is 7.94. The van der Waals surface area contributed by atoms with Crippen LogP contribution in [-0.4, -0.2) is 52.2 Å². The minimum atomic E-state index is -0.553. The zero-order valence-electron chi connectivity index (χ0n) is 16.2. The number of carbonyl (C=O) groups excluding carboxylic acids is 3. The number of carbonyl (C=O) groups is 3. The van der Waals surface area contributed by atoms with Gasteiger partial charge in [-0.25, -0.2) is 4.79 Å². The van der Waals surface area contributed by atoms with Gasteiger partial charge in [-0.15, -0.1) is 5.06 Å². The Morgan fingerprint density at radius 3 is 2.26 bits per heavy atom. The monoisotopic (exact) mass is 374 g/mol. The summed E-state index contributed by atoms with van der Waals surface area (Å²) in [5.41, 5.74) is 0.171. The first-order valence-corrected chi connectivity index (χ1v) is 9.35. The summed E-state index contributed by atoms with van der Waals surface area (Å²) in [6.45, 7) is 7.96. The molecule has 146 valence electrons. The number of hydrogen-bond donors (Lipinski definition) is 0. The van der Waals surface area contributed by atoms with Crippen LogP contribution >= 0.6 is 0 Å². The van der Waals surface area contributed by atoms with Gasteiger partial charge in [-0.3, -0.25) is 14.4 Å². The number of fused-ring (bicyclic) bond motifs is 1. The summed E-state index contributed by atoms with van der Waals surface area (Å²) in [7, 11) is 0. The maximum Gasteiger partial charge on any atom is 0.410 e. The summed E-state index contributed by atoms with van der Waals surface area (Å²) < 4.78 is 5.48. The Balaban J connectivity index is 1.65. The van der Waals surface area contributed by atoms with Gasteiger partial charge >= 0.3 is 6.09 Å². The lowest BCUT2D eigenvalue weighted by Crippen LogP contribution is -2.50. The highest BCUT2D eigenvalue weighted by Gasteiger charge is 2.40. The third-order valence-corrected chi connectivity index (χ3v) is 4.78. The van der Waals surface area contributed by atoms with Crippen molar-refractivity contribution in [3.05, 3.63) is 35.4 Å². The summed E-state index contributed by atoms with van der Waals surface area (Å²) in [6, 6.07) is 6.63. The minimum absolute atomic E-state index is 0.0613. The molecule has 27 heavy (non-hydrogen) atoms. The molecule has 2 atom stereocenters. The number of nitrogens with zero attached hydrogens (tertiary/aromatic N) is 2. The Kier molecular flexibility index (Phi) is 5.24. The molecular weight excluding hydrogens is 348 g/mol. The number of rotatable bonds is 3. The van der Waals surface area contributed by atoms with Crippen LogP contribution in [0.25, 0.3) is 0 Å². The zero-order chi connectivity index (χ0) is 19.8. The number of ether oxygens (including phenoxy) is 1. The summed E-state index contributed by atoms with van der Waals surface area (Å²) in [4.78, 5) is 44.8. The van der Waals surface area contributed by atoms with Gasteiger partial charge in [0.15, 0.2) is 0 Å². The summed E-state index contributed by atoms with van der Waals surface area (Å²) in [6.07, 6.45) is 1.16. The molecule has 0 radical (unpaired) electrons. The van der Waals surface area contributed by atoms with Gasteiger partial charge in [0.25, 0.3) is 11.8 Å². The average molecular weight is 374 g/mol. The highest BCUT2D eigenvalue weighted by molar-refractivity contribution is 6.20. The smallest absolute Gasteiger partial charge is 0.410 e. The predicted molar refractivity (Wildman–Crippen MR) is 98.1 cm³/mol. The number of hydrogen-bond acceptors (Lipinski definition) is 5. The third kappa shape index (κ3) is 3.98. The minimum Gasteiger partial charge on any atom is -0.444 e. The number of imide groups is 1. The van der Waals surface area contributed by atoms with Crippen molar-refractivity contribution in [3.63, 3.8) is 0 Å². The van der Waals surface area contributed by atoms with Crippen LogP contribution in [0.1, 0.15) is 67.7 Å². The van der Waals surface area contributed by atoms with E-state index in [2.05, 4.69) is 0 Å². The largest absolute Gasteiger partial charge is 0.444 e. The molecule has 0 spiro atoms. The molecule has 1 aromatic carbocycles. The van der Waals surface area contributed by atoms with E-state index >= 15 is 0 Å². The maximum absolute atomic E-state index is 12.5. The van der Waals surface area contributed by atoms with Gasteiger partial charge < -0.3 is 9.64 Å². The van der Waals surface area contributed by atoms with Crippen LogP contribution < -0.4 is 0 Å². The van der Waals surface area contributed by atoms with Crippen molar-refractivity contribution in [3.8, 4) is 0 Å². The molecule has 3 rings (SSSR count). The van der Waals surface area contributed by atoms with Crippen molar-refractivity contribution in [1.82, 2.24) is 9.96 Å². The average Bonchev–Trinajstić information content (AvgIpc) is 2.85. The quantitative estimate of drug-likeness (QED) is 0.758. The van der Waals surface area contributed by atoms with E-state index in [-0.39, 0.29) is 18.2 Å². The fraction of sp³-hybridized carbons (Fsp3) is 0.550. The van der Waals surface area contributed by atoms with E-state index in [9.17, 15) is 14.4 Å². The second kappa shape index (κ2) is 7.31. The van der Waals surface area contributed by atoms with E-state index in [0.717, 1.165) is 11.5 Å². The van der Waals surface area contributed by atoms with Crippen LogP contribution in [0.3, 0.4) is 0 Å². The van der Waals surface area contributed by atoms with Crippen molar-refractivity contribution in [2.75, 3.05) is 6.54 Å². The van der Waals surface area contributed by atoms with Gasteiger partial charge in [0, 0.05) is 12.6 Å². The first-order valence-electron chi connectivity index (χ1n) is 9.35. The Hall–Kier alpha value is -2.41. The molecule has 2 aliphatic heterocycles. The molecule has 0 N–H and O–H groups in total. The highest BCUT2D eigenvalue weighted by atomic mass is 16.7. The van der Waals surface area contributed by atoms with Gasteiger partial charge in [-0.1, -0.05) is 19.1 Å². The molecule has 1 fully saturated rings. The van der Waals surface area contributed by atoms with Gasteiger partial charge in [0.05, 0.1) is 17.2 Å². The topological polar surface area (TPSA) is 76.2 Å². The number of piperidine rings is 1. The lowest BCUT2D eigenvalue weighted by Gasteiger charge is -2.39. The zero-order valence-corrected chi connectivity index (χ0v) is 16.2. The number of hydroxylamine groups is 2. The Labute approximate surface area is 159 Å². The second-order valence-corrected chi connectivity index (χ2v) is 7.94. The van der Waals surface area contributed by atoms with Crippen molar-refractivity contribution < 1.29 is 24.0 Å². The van der Waals surface area contributed by atoms with Gasteiger partial charge in [-0.2, -0.15) is 0 Å².